The van der Waals surface area contributed by atoms with Gasteiger partial charge in [-0.15, -0.1) is 0 Å². The highest BCUT2D eigenvalue weighted by molar-refractivity contribution is 5.97. The van der Waals surface area contributed by atoms with Crippen LogP contribution in [0.1, 0.15) is 39.1 Å². The molecule has 3 rings (SSSR count). The summed E-state index contributed by atoms with van der Waals surface area (Å²) in [5.41, 5.74) is 1.92. The molecule has 0 aliphatic heterocycles. The van der Waals surface area contributed by atoms with Gasteiger partial charge >= 0.3 is 12.0 Å². The number of amides is 3. The maximum absolute atomic E-state index is 12.4. The smallest absolute Gasteiger partial charge is 0.335 e. The lowest BCUT2D eigenvalue weighted by atomic mass is 10.1. The van der Waals surface area contributed by atoms with Crippen molar-refractivity contribution in [2.45, 2.75) is 25.3 Å². The normalized spacial score (nSPS) is 12.7. The van der Waals surface area contributed by atoms with E-state index in [2.05, 4.69) is 16.0 Å². The molecule has 1 aliphatic carbocycles. The Hall–Kier alpha value is -3.55. The molecular formula is C21H23N3O5. The van der Waals surface area contributed by atoms with Gasteiger partial charge < -0.3 is 25.8 Å². The van der Waals surface area contributed by atoms with Gasteiger partial charge in [-0.2, -0.15) is 0 Å². The van der Waals surface area contributed by atoms with Crippen molar-refractivity contribution in [1.82, 2.24) is 10.6 Å². The molecule has 2 aromatic carbocycles. The van der Waals surface area contributed by atoms with Crippen LogP contribution in [-0.2, 0) is 6.42 Å². The van der Waals surface area contributed by atoms with Gasteiger partial charge in [0.1, 0.15) is 5.75 Å². The Morgan fingerprint density at radius 3 is 2.59 bits per heavy atom. The van der Waals surface area contributed by atoms with Gasteiger partial charge in [-0.3, -0.25) is 4.79 Å². The van der Waals surface area contributed by atoms with E-state index in [0.29, 0.717) is 30.0 Å². The first kappa shape index (κ1) is 20.2. The lowest BCUT2D eigenvalue weighted by molar-refractivity contribution is 0.0696. The first-order valence-electron chi connectivity index (χ1n) is 9.32. The van der Waals surface area contributed by atoms with E-state index in [9.17, 15) is 14.4 Å². The van der Waals surface area contributed by atoms with Crippen molar-refractivity contribution in [1.29, 1.82) is 0 Å². The van der Waals surface area contributed by atoms with Crippen LogP contribution in [0.2, 0.25) is 0 Å². The van der Waals surface area contributed by atoms with Gasteiger partial charge in [-0.25, -0.2) is 9.59 Å². The SMILES string of the molecule is COc1cc(C(=O)O)ccc1CCNC(=O)c1cccc(NC(=O)NC2CC2)c1. The third kappa shape index (κ3) is 5.71. The summed E-state index contributed by atoms with van der Waals surface area (Å²) in [6.45, 7) is 0.349. The molecule has 0 radical (unpaired) electrons. The first-order valence-corrected chi connectivity index (χ1v) is 9.32. The second kappa shape index (κ2) is 9.09. The number of aromatic carboxylic acids is 1. The number of ether oxygens (including phenoxy) is 1. The van der Waals surface area contributed by atoms with Crippen molar-refractivity contribution < 1.29 is 24.2 Å². The fourth-order valence-corrected chi connectivity index (χ4v) is 2.82. The van der Waals surface area contributed by atoms with Gasteiger partial charge in [0, 0.05) is 23.8 Å². The Morgan fingerprint density at radius 2 is 1.90 bits per heavy atom. The number of carboxylic acids is 1. The zero-order chi connectivity index (χ0) is 20.8. The van der Waals surface area contributed by atoms with Crippen molar-refractivity contribution in [3.8, 4) is 5.75 Å². The molecule has 0 bridgehead atoms. The van der Waals surface area contributed by atoms with Gasteiger partial charge in [-0.05, 0) is 55.2 Å². The van der Waals surface area contributed by atoms with Crippen LogP contribution in [0.25, 0.3) is 0 Å². The number of carbonyl (C=O) groups is 3. The predicted octanol–water partition coefficient (Wildman–Crippen LogP) is 2.65. The second-order valence-corrected chi connectivity index (χ2v) is 6.79. The van der Waals surface area contributed by atoms with Crippen molar-refractivity contribution >= 4 is 23.6 Å². The molecule has 8 nitrogen and oxygen atoms in total. The Kier molecular flexibility index (Phi) is 6.33. The fraction of sp³-hybridized carbons (Fsp3) is 0.286. The third-order valence-electron chi connectivity index (χ3n) is 4.51. The van der Waals surface area contributed by atoms with E-state index in [1.54, 1.807) is 30.3 Å². The monoisotopic (exact) mass is 397 g/mol. The first-order chi connectivity index (χ1) is 14.0. The predicted molar refractivity (Wildman–Crippen MR) is 108 cm³/mol. The van der Waals surface area contributed by atoms with Crippen molar-refractivity contribution in [3.05, 3.63) is 59.2 Å². The minimum atomic E-state index is -1.03. The number of nitrogens with one attached hydrogen (secondary N) is 3. The standard InChI is InChI=1S/C21H23N3O5/c1-29-18-12-15(20(26)27)6-5-13(18)9-10-22-19(25)14-3-2-4-17(11-14)24-21(28)23-16-7-8-16/h2-6,11-12,16H,7-10H2,1H3,(H,22,25)(H,26,27)(H2,23,24,28). The van der Waals surface area contributed by atoms with Crippen molar-refractivity contribution in [2.24, 2.45) is 0 Å². The van der Waals surface area contributed by atoms with Crippen LogP contribution >= 0.6 is 0 Å². The van der Waals surface area contributed by atoms with Gasteiger partial charge in [0.05, 0.1) is 12.7 Å². The molecule has 1 saturated carbocycles. The molecule has 0 atom stereocenters. The maximum atomic E-state index is 12.4. The molecule has 8 heteroatoms. The van der Waals surface area contributed by atoms with Crippen LogP contribution in [0.4, 0.5) is 10.5 Å². The van der Waals surface area contributed by atoms with Gasteiger partial charge in [0.25, 0.3) is 5.91 Å². The Balaban J connectivity index is 1.54. The number of urea groups is 1. The summed E-state index contributed by atoms with van der Waals surface area (Å²) >= 11 is 0. The zero-order valence-electron chi connectivity index (χ0n) is 16.0. The molecule has 4 N–H and O–H groups in total. The van der Waals surface area contributed by atoms with Gasteiger partial charge in [0.2, 0.25) is 0 Å². The molecule has 1 aliphatic rings. The molecule has 0 saturated heterocycles. The molecule has 29 heavy (non-hydrogen) atoms. The Labute approximate surface area is 168 Å². The number of methoxy groups -OCH3 is 1. The summed E-state index contributed by atoms with van der Waals surface area (Å²) in [7, 11) is 1.47. The summed E-state index contributed by atoms with van der Waals surface area (Å²) in [5.74, 6) is -0.827. The Bertz CT molecular complexity index is 924. The van der Waals surface area contributed by atoms with Gasteiger partial charge in [-0.1, -0.05) is 12.1 Å². The number of anilines is 1. The maximum Gasteiger partial charge on any atom is 0.335 e. The fourth-order valence-electron chi connectivity index (χ4n) is 2.82. The molecule has 2 aromatic rings. The second-order valence-electron chi connectivity index (χ2n) is 6.79. The number of carbonyl (C=O) groups excluding carboxylic acids is 2. The highest BCUT2D eigenvalue weighted by Crippen LogP contribution is 2.21. The average molecular weight is 397 g/mol. The van der Waals surface area contributed by atoms with Crippen LogP contribution in [0.3, 0.4) is 0 Å². The molecule has 1 fully saturated rings. The van der Waals surface area contributed by atoms with E-state index in [4.69, 9.17) is 9.84 Å². The quantitative estimate of drug-likeness (QED) is 0.546. The van der Waals surface area contributed by atoms with E-state index >= 15 is 0 Å². The molecule has 3 amide bonds. The minimum Gasteiger partial charge on any atom is -0.496 e. The Morgan fingerprint density at radius 1 is 1.10 bits per heavy atom. The molecule has 0 aromatic heterocycles. The summed E-state index contributed by atoms with van der Waals surface area (Å²) in [6, 6.07) is 11.3. The lowest BCUT2D eigenvalue weighted by Crippen LogP contribution is -2.30. The summed E-state index contributed by atoms with van der Waals surface area (Å²) in [4.78, 5) is 35.3. The molecule has 0 spiro atoms. The lowest BCUT2D eigenvalue weighted by Gasteiger charge is -2.11. The number of hydrogen-bond acceptors (Lipinski definition) is 4. The van der Waals surface area contributed by atoms with Crippen LogP contribution in [-0.4, -0.2) is 42.7 Å². The van der Waals surface area contributed by atoms with E-state index in [1.165, 1.54) is 19.2 Å². The van der Waals surface area contributed by atoms with Crippen LogP contribution in [0.5, 0.6) is 5.75 Å². The number of hydrogen-bond donors (Lipinski definition) is 4. The minimum absolute atomic E-state index is 0.143. The van der Waals surface area contributed by atoms with Crippen LogP contribution in [0, 0.1) is 0 Å². The molecular weight excluding hydrogens is 374 g/mol. The number of benzene rings is 2. The van der Waals surface area contributed by atoms with Gasteiger partial charge in [0.15, 0.2) is 0 Å². The molecule has 0 heterocycles. The summed E-state index contributed by atoms with van der Waals surface area (Å²) in [5, 5.41) is 17.4. The van der Waals surface area contributed by atoms with E-state index in [0.717, 1.165) is 18.4 Å². The molecule has 152 valence electrons. The van der Waals surface area contributed by atoms with E-state index in [-0.39, 0.29) is 23.5 Å². The number of rotatable bonds is 8. The third-order valence-corrected chi connectivity index (χ3v) is 4.51. The number of carboxylic acid groups (broad SMARTS) is 1. The largest absolute Gasteiger partial charge is 0.496 e. The highest BCUT2D eigenvalue weighted by atomic mass is 16.5. The summed E-state index contributed by atoms with van der Waals surface area (Å²) in [6.07, 6.45) is 2.48. The average Bonchev–Trinajstić information content (AvgIpc) is 3.51. The highest BCUT2D eigenvalue weighted by Gasteiger charge is 2.23. The van der Waals surface area contributed by atoms with E-state index < -0.39 is 5.97 Å². The van der Waals surface area contributed by atoms with Crippen molar-refractivity contribution in [2.75, 3.05) is 19.0 Å². The molecule has 0 unspecified atom stereocenters. The summed E-state index contributed by atoms with van der Waals surface area (Å²) < 4.78 is 5.24. The van der Waals surface area contributed by atoms with Crippen LogP contribution in [0.15, 0.2) is 42.5 Å². The van der Waals surface area contributed by atoms with Crippen LogP contribution < -0.4 is 20.7 Å². The van der Waals surface area contributed by atoms with Crippen molar-refractivity contribution in [3.63, 3.8) is 0 Å². The topological polar surface area (TPSA) is 117 Å². The van der Waals surface area contributed by atoms with E-state index in [1.807, 2.05) is 0 Å². The zero-order valence-corrected chi connectivity index (χ0v) is 16.0.